The summed E-state index contributed by atoms with van der Waals surface area (Å²) in [4.78, 5) is 11.9. The maximum Gasteiger partial charge on any atom is 0.294 e. The van der Waals surface area contributed by atoms with Gasteiger partial charge in [0.2, 0.25) is 5.76 Å². The summed E-state index contributed by atoms with van der Waals surface area (Å²) in [5.41, 5.74) is 1.45. The number of benzene rings is 1. The van der Waals surface area contributed by atoms with E-state index in [1.165, 1.54) is 12.3 Å². The number of carbonyl (C=O) groups excluding carboxylic acids is 1. The summed E-state index contributed by atoms with van der Waals surface area (Å²) >= 11 is 0. The molecule has 3 heterocycles. The van der Waals surface area contributed by atoms with Crippen LogP contribution in [0.25, 0.3) is 5.82 Å². The van der Waals surface area contributed by atoms with Crippen molar-refractivity contribution >= 4 is 23.1 Å². The molecular weight excluding hydrogens is 334 g/mol. The topological polar surface area (TPSA) is 111 Å². The highest BCUT2D eigenvalue weighted by atomic mass is 16.5. The quantitative estimate of drug-likeness (QED) is 0.571. The standard InChI is InChI=1S/C17H13N7O2/c25-17(14-8-10-19-26-14)21-13-4-2-12(3-5-13)20-15-6-7-16(23-22-15)24-11-1-9-18-24/h1-11H,(H,20,22)(H,21,25). The van der Waals surface area contributed by atoms with Crippen molar-refractivity contribution in [3.05, 3.63) is 72.9 Å². The second-order valence-electron chi connectivity index (χ2n) is 5.26. The normalized spacial score (nSPS) is 10.5. The molecule has 0 saturated heterocycles. The fourth-order valence-corrected chi connectivity index (χ4v) is 2.23. The number of rotatable bonds is 5. The molecule has 9 heteroatoms. The molecule has 0 aliphatic heterocycles. The van der Waals surface area contributed by atoms with Gasteiger partial charge in [-0.25, -0.2) is 4.68 Å². The van der Waals surface area contributed by atoms with Crippen LogP contribution in [0.2, 0.25) is 0 Å². The van der Waals surface area contributed by atoms with Crippen molar-refractivity contribution in [3.63, 3.8) is 0 Å². The molecule has 0 aliphatic carbocycles. The Balaban J connectivity index is 1.40. The van der Waals surface area contributed by atoms with Crippen molar-refractivity contribution in [1.82, 2.24) is 25.1 Å². The number of hydrogen-bond donors (Lipinski definition) is 2. The third-order valence-corrected chi connectivity index (χ3v) is 3.47. The molecule has 2 N–H and O–H groups in total. The molecule has 0 atom stereocenters. The number of nitrogens with zero attached hydrogens (tertiary/aromatic N) is 5. The third kappa shape index (κ3) is 3.41. The van der Waals surface area contributed by atoms with E-state index < -0.39 is 0 Å². The summed E-state index contributed by atoms with van der Waals surface area (Å²) in [5.74, 6) is 1.02. The van der Waals surface area contributed by atoms with E-state index in [-0.39, 0.29) is 11.7 Å². The van der Waals surface area contributed by atoms with Crippen molar-refractivity contribution in [2.24, 2.45) is 0 Å². The molecule has 0 aliphatic rings. The second-order valence-corrected chi connectivity index (χ2v) is 5.26. The number of amides is 1. The highest BCUT2D eigenvalue weighted by molar-refractivity contribution is 6.02. The first-order valence-electron chi connectivity index (χ1n) is 7.71. The maximum absolute atomic E-state index is 11.9. The van der Waals surface area contributed by atoms with E-state index in [0.717, 1.165) is 5.69 Å². The third-order valence-electron chi connectivity index (χ3n) is 3.47. The molecule has 3 aromatic heterocycles. The van der Waals surface area contributed by atoms with E-state index >= 15 is 0 Å². The van der Waals surface area contributed by atoms with Gasteiger partial charge >= 0.3 is 0 Å². The molecule has 4 rings (SSSR count). The maximum atomic E-state index is 11.9. The number of aromatic nitrogens is 5. The summed E-state index contributed by atoms with van der Waals surface area (Å²) in [5, 5.41) is 21.7. The molecule has 0 bridgehead atoms. The van der Waals surface area contributed by atoms with E-state index in [1.807, 2.05) is 30.3 Å². The smallest absolute Gasteiger partial charge is 0.294 e. The highest BCUT2D eigenvalue weighted by Crippen LogP contribution is 2.18. The van der Waals surface area contributed by atoms with Gasteiger partial charge in [-0.1, -0.05) is 5.16 Å². The Kier molecular flexibility index (Phi) is 4.09. The van der Waals surface area contributed by atoms with Crippen LogP contribution in [0, 0.1) is 0 Å². The Hall–Kier alpha value is -4.01. The summed E-state index contributed by atoms with van der Waals surface area (Å²) in [6.07, 6.45) is 4.89. The zero-order chi connectivity index (χ0) is 17.8. The van der Waals surface area contributed by atoms with E-state index in [9.17, 15) is 4.79 Å². The van der Waals surface area contributed by atoms with Crippen molar-refractivity contribution in [2.45, 2.75) is 0 Å². The molecule has 0 spiro atoms. The van der Waals surface area contributed by atoms with Crippen LogP contribution in [0.3, 0.4) is 0 Å². The Morgan fingerprint density at radius 2 is 1.81 bits per heavy atom. The van der Waals surface area contributed by atoms with Gasteiger partial charge in [-0.2, -0.15) is 5.10 Å². The first-order valence-corrected chi connectivity index (χ1v) is 7.71. The summed E-state index contributed by atoms with van der Waals surface area (Å²) in [6, 6.07) is 14.1. The zero-order valence-electron chi connectivity index (χ0n) is 13.4. The van der Waals surface area contributed by atoms with Crippen molar-refractivity contribution < 1.29 is 9.32 Å². The fourth-order valence-electron chi connectivity index (χ4n) is 2.23. The number of anilines is 3. The number of hydrogen-bond acceptors (Lipinski definition) is 7. The van der Waals surface area contributed by atoms with Crippen LogP contribution in [0.4, 0.5) is 17.2 Å². The largest absolute Gasteiger partial charge is 0.351 e. The zero-order valence-corrected chi connectivity index (χ0v) is 13.4. The minimum absolute atomic E-state index is 0.153. The van der Waals surface area contributed by atoms with Gasteiger partial charge in [0.15, 0.2) is 11.6 Å². The molecule has 0 radical (unpaired) electrons. The van der Waals surface area contributed by atoms with Crippen LogP contribution in [0.1, 0.15) is 10.6 Å². The highest BCUT2D eigenvalue weighted by Gasteiger charge is 2.09. The first-order chi connectivity index (χ1) is 12.8. The first kappa shape index (κ1) is 15.5. The van der Waals surface area contributed by atoms with E-state index in [1.54, 1.807) is 29.2 Å². The molecular formula is C17H13N7O2. The van der Waals surface area contributed by atoms with Crippen LogP contribution in [-0.4, -0.2) is 31.0 Å². The Labute approximate surface area is 147 Å². The van der Waals surface area contributed by atoms with E-state index in [2.05, 4.69) is 31.1 Å². The summed E-state index contributed by atoms with van der Waals surface area (Å²) in [6.45, 7) is 0. The minimum atomic E-state index is -0.358. The molecule has 0 saturated carbocycles. The van der Waals surface area contributed by atoms with E-state index in [0.29, 0.717) is 17.3 Å². The van der Waals surface area contributed by atoms with Crippen molar-refractivity contribution in [1.29, 1.82) is 0 Å². The predicted molar refractivity (Wildman–Crippen MR) is 93.3 cm³/mol. The van der Waals surface area contributed by atoms with Crippen LogP contribution in [0.5, 0.6) is 0 Å². The van der Waals surface area contributed by atoms with Gasteiger partial charge < -0.3 is 15.2 Å². The molecule has 0 fully saturated rings. The lowest BCUT2D eigenvalue weighted by Gasteiger charge is -2.07. The van der Waals surface area contributed by atoms with E-state index in [4.69, 9.17) is 4.52 Å². The Morgan fingerprint density at radius 3 is 2.46 bits per heavy atom. The SMILES string of the molecule is O=C(Nc1ccc(Nc2ccc(-n3cccn3)nn2)cc1)c1ccno1. The molecule has 9 nitrogen and oxygen atoms in total. The van der Waals surface area contributed by atoms with Gasteiger partial charge in [-0.05, 0) is 42.5 Å². The van der Waals surface area contributed by atoms with Crippen molar-refractivity contribution in [3.8, 4) is 5.82 Å². The monoisotopic (exact) mass is 347 g/mol. The molecule has 128 valence electrons. The lowest BCUT2D eigenvalue weighted by Crippen LogP contribution is -2.10. The van der Waals surface area contributed by atoms with Gasteiger partial charge in [0.05, 0.1) is 6.20 Å². The molecule has 0 unspecified atom stereocenters. The van der Waals surface area contributed by atoms with Crippen LogP contribution in [-0.2, 0) is 0 Å². The lowest BCUT2D eigenvalue weighted by atomic mass is 10.2. The molecule has 4 aromatic rings. The Bertz CT molecular complexity index is 979. The summed E-state index contributed by atoms with van der Waals surface area (Å²) < 4.78 is 6.44. The molecule has 26 heavy (non-hydrogen) atoms. The van der Waals surface area contributed by atoms with Gasteiger partial charge in [-0.3, -0.25) is 4.79 Å². The van der Waals surface area contributed by atoms with Gasteiger partial charge in [0.1, 0.15) is 0 Å². The lowest BCUT2D eigenvalue weighted by molar-refractivity contribution is 0.0988. The number of nitrogens with one attached hydrogen (secondary N) is 2. The van der Waals surface area contributed by atoms with Gasteiger partial charge in [-0.15, -0.1) is 10.2 Å². The van der Waals surface area contributed by atoms with Crippen LogP contribution < -0.4 is 10.6 Å². The van der Waals surface area contributed by atoms with Gasteiger partial charge in [0.25, 0.3) is 5.91 Å². The average Bonchev–Trinajstić information content (AvgIpc) is 3.38. The van der Waals surface area contributed by atoms with Gasteiger partial charge in [0, 0.05) is 29.8 Å². The Morgan fingerprint density at radius 1 is 0.962 bits per heavy atom. The fraction of sp³-hybridized carbons (Fsp3) is 0. The molecule has 1 amide bonds. The predicted octanol–water partition coefficient (Wildman–Crippen LogP) is 2.65. The van der Waals surface area contributed by atoms with Crippen LogP contribution >= 0.6 is 0 Å². The minimum Gasteiger partial charge on any atom is -0.351 e. The van der Waals surface area contributed by atoms with Crippen molar-refractivity contribution in [2.75, 3.05) is 10.6 Å². The average molecular weight is 347 g/mol. The number of carbonyl (C=O) groups is 1. The summed E-state index contributed by atoms with van der Waals surface area (Å²) in [7, 11) is 0. The molecule has 1 aromatic carbocycles. The van der Waals surface area contributed by atoms with Crippen LogP contribution in [0.15, 0.2) is 71.6 Å². The second kappa shape index (κ2) is 6.85.